The number of urea groups is 1. The fourth-order valence-electron chi connectivity index (χ4n) is 5.28. The van der Waals surface area contributed by atoms with Crippen LogP contribution in [0.2, 0.25) is 0 Å². The maximum atomic E-state index is 13.4. The second kappa shape index (κ2) is 11.6. The lowest BCUT2D eigenvalue weighted by Crippen LogP contribution is -2.47. The standard InChI is InChI=1S/C28H34N10O3/c1-35-8-10-36(11-9-35)25(39)20-4-2-19(3-5-20)16-32-28(40)38-7-6-22-23(21-17-30-26(29)31-18-21)33-27(34-24(22)38)37-12-14-41-15-13-37/h2-5,17-18H,6-16H2,1H3,(H,32,40)(H2,29,30,31). The van der Waals surface area contributed by atoms with Gasteiger partial charge in [-0.05, 0) is 31.2 Å². The predicted molar refractivity (Wildman–Crippen MR) is 154 cm³/mol. The third kappa shape index (κ3) is 5.77. The van der Waals surface area contributed by atoms with E-state index < -0.39 is 0 Å². The van der Waals surface area contributed by atoms with Crippen LogP contribution in [-0.4, -0.2) is 108 Å². The molecule has 3 aliphatic heterocycles. The number of likely N-dealkylation sites (N-methyl/N-ethyl adjacent to an activating group) is 1. The summed E-state index contributed by atoms with van der Waals surface area (Å²) in [6.45, 7) is 6.52. The molecule has 0 saturated carbocycles. The Labute approximate surface area is 238 Å². The summed E-state index contributed by atoms with van der Waals surface area (Å²) in [5.74, 6) is 1.35. The number of nitrogens with one attached hydrogen (secondary N) is 1. The summed E-state index contributed by atoms with van der Waals surface area (Å²) in [4.78, 5) is 52.0. The van der Waals surface area contributed by atoms with Crippen molar-refractivity contribution in [3.05, 3.63) is 53.3 Å². The van der Waals surface area contributed by atoms with Crippen molar-refractivity contribution in [1.29, 1.82) is 0 Å². The van der Waals surface area contributed by atoms with Crippen LogP contribution in [0.4, 0.5) is 22.5 Å². The van der Waals surface area contributed by atoms with Crippen LogP contribution in [0.1, 0.15) is 21.5 Å². The molecule has 0 bridgehead atoms. The molecule has 13 nitrogen and oxygen atoms in total. The molecular formula is C28H34N10O3. The maximum absolute atomic E-state index is 13.4. The molecule has 3 amide bonds. The van der Waals surface area contributed by atoms with Crippen LogP contribution in [0.3, 0.4) is 0 Å². The molecule has 2 fully saturated rings. The van der Waals surface area contributed by atoms with Gasteiger partial charge in [-0.3, -0.25) is 9.69 Å². The quantitative estimate of drug-likeness (QED) is 0.465. The van der Waals surface area contributed by atoms with Gasteiger partial charge in [0.1, 0.15) is 5.82 Å². The number of rotatable bonds is 5. The zero-order chi connectivity index (χ0) is 28.3. The first-order chi connectivity index (χ1) is 20.0. The number of carbonyl (C=O) groups excluding carboxylic acids is 2. The number of piperazine rings is 1. The second-order valence-electron chi connectivity index (χ2n) is 10.5. The highest BCUT2D eigenvalue weighted by atomic mass is 16.5. The second-order valence-corrected chi connectivity index (χ2v) is 10.5. The van der Waals surface area contributed by atoms with E-state index in [1.54, 1.807) is 17.3 Å². The molecule has 0 aliphatic carbocycles. The minimum absolute atomic E-state index is 0.0421. The third-order valence-electron chi connectivity index (χ3n) is 7.73. The number of nitrogens with zero attached hydrogens (tertiary/aromatic N) is 8. The third-order valence-corrected chi connectivity index (χ3v) is 7.73. The van der Waals surface area contributed by atoms with Gasteiger partial charge in [-0.2, -0.15) is 4.98 Å². The molecule has 41 heavy (non-hydrogen) atoms. The molecule has 13 heteroatoms. The van der Waals surface area contributed by atoms with Crippen LogP contribution >= 0.6 is 0 Å². The fraction of sp³-hybridized carbons (Fsp3) is 0.429. The maximum Gasteiger partial charge on any atom is 0.323 e. The number of morpholine rings is 1. The minimum Gasteiger partial charge on any atom is -0.378 e. The highest BCUT2D eigenvalue weighted by Gasteiger charge is 2.32. The van der Waals surface area contributed by atoms with Crippen molar-refractivity contribution >= 4 is 29.7 Å². The number of aromatic nitrogens is 4. The number of benzene rings is 1. The highest BCUT2D eigenvalue weighted by molar-refractivity contribution is 5.95. The fourth-order valence-corrected chi connectivity index (χ4v) is 5.28. The SMILES string of the molecule is CN1CCN(C(=O)c2ccc(CNC(=O)N3CCc4c(-c5cnc(N)nc5)nc(N5CCOCC5)nc43)cc2)CC1. The topological polar surface area (TPSA) is 146 Å². The largest absolute Gasteiger partial charge is 0.378 e. The summed E-state index contributed by atoms with van der Waals surface area (Å²) < 4.78 is 5.50. The zero-order valence-corrected chi connectivity index (χ0v) is 23.1. The van der Waals surface area contributed by atoms with Gasteiger partial charge in [0.2, 0.25) is 11.9 Å². The molecule has 0 radical (unpaired) electrons. The lowest BCUT2D eigenvalue weighted by atomic mass is 10.1. The van der Waals surface area contributed by atoms with Crippen LogP contribution in [-0.2, 0) is 17.7 Å². The molecule has 3 aromatic rings. The Bertz CT molecular complexity index is 1400. The molecular weight excluding hydrogens is 524 g/mol. The first kappa shape index (κ1) is 26.8. The van der Waals surface area contributed by atoms with E-state index in [4.69, 9.17) is 20.4 Å². The predicted octanol–water partition coefficient (Wildman–Crippen LogP) is 1.01. The molecule has 0 atom stereocenters. The van der Waals surface area contributed by atoms with E-state index in [1.807, 2.05) is 29.2 Å². The zero-order valence-electron chi connectivity index (χ0n) is 23.1. The normalized spacial score (nSPS) is 17.4. The van der Waals surface area contributed by atoms with Gasteiger partial charge in [-0.25, -0.2) is 19.7 Å². The van der Waals surface area contributed by atoms with E-state index >= 15 is 0 Å². The van der Waals surface area contributed by atoms with Gasteiger partial charge in [0.05, 0.1) is 18.9 Å². The van der Waals surface area contributed by atoms with E-state index in [0.717, 1.165) is 42.9 Å². The number of carbonyl (C=O) groups is 2. The van der Waals surface area contributed by atoms with Crippen LogP contribution < -0.4 is 20.9 Å². The van der Waals surface area contributed by atoms with Crippen molar-refractivity contribution in [3.63, 3.8) is 0 Å². The Balaban J connectivity index is 1.17. The Hall–Kier alpha value is -4.36. The van der Waals surface area contributed by atoms with Gasteiger partial charge in [0.15, 0.2) is 0 Å². The Morgan fingerprint density at radius 1 is 0.951 bits per heavy atom. The summed E-state index contributed by atoms with van der Waals surface area (Å²) in [6, 6.07) is 7.19. The average molecular weight is 559 g/mol. The number of hydrogen-bond acceptors (Lipinski definition) is 10. The Kier molecular flexibility index (Phi) is 7.61. The van der Waals surface area contributed by atoms with Gasteiger partial charge in [-0.15, -0.1) is 0 Å². The molecule has 1 aromatic carbocycles. The van der Waals surface area contributed by atoms with E-state index in [1.165, 1.54) is 0 Å². The van der Waals surface area contributed by atoms with Crippen molar-refractivity contribution in [2.24, 2.45) is 0 Å². The van der Waals surface area contributed by atoms with E-state index in [9.17, 15) is 9.59 Å². The van der Waals surface area contributed by atoms with Gasteiger partial charge in [0, 0.05) is 81.4 Å². The lowest BCUT2D eigenvalue weighted by Gasteiger charge is -2.32. The average Bonchev–Trinajstić information content (AvgIpc) is 3.45. The molecule has 214 valence electrons. The molecule has 3 N–H and O–H groups in total. The lowest BCUT2D eigenvalue weighted by molar-refractivity contribution is 0.0664. The van der Waals surface area contributed by atoms with Gasteiger partial charge in [-0.1, -0.05) is 12.1 Å². The van der Waals surface area contributed by atoms with Crippen molar-refractivity contribution in [1.82, 2.24) is 35.1 Å². The number of ether oxygens (including phenoxy) is 1. The summed E-state index contributed by atoms with van der Waals surface area (Å²) >= 11 is 0. The number of amides is 3. The van der Waals surface area contributed by atoms with Gasteiger partial charge >= 0.3 is 6.03 Å². The molecule has 3 aliphatic rings. The van der Waals surface area contributed by atoms with Gasteiger partial charge in [0.25, 0.3) is 5.91 Å². The smallest absolute Gasteiger partial charge is 0.323 e. The number of nitrogen functional groups attached to an aromatic ring is 1. The summed E-state index contributed by atoms with van der Waals surface area (Å²) in [5.41, 5.74) is 9.57. The van der Waals surface area contributed by atoms with Crippen molar-refractivity contribution < 1.29 is 14.3 Å². The molecule has 0 spiro atoms. The van der Waals surface area contributed by atoms with E-state index in [0.29, 0.717) is 68.8 Å². The monoisotopic (exact) mass is 558 g/mol. The summed E-state index contributed by atoms with van der Waals surface area (Å²) in [6.07, 6.45) is 3.90. The molecule has 2 saturated heterocycles. The van der Waals surface area contributed by atoms with Crippen molar-refractivity contribution in [2.75, 3.05) is 81.6 Å². The van der Waals surface area contributed by atoms with E-state index in [2.05, 4.69) is 32.1 Å². The van der Waals surface area contributed by atoms with Crippen LogP contribution in [0, 0.1) is 0 Å². The Morgan fingerprint density at radius 3 is 2.37 bits per heavy atom. The van der Waals surface area contributed by atoms with Crippen LogP contribution in [0.5, 0.6) is 0 Å². The van der Waals surface area contributed by atoms with Crippen molar-refractivity contribution in [2.45, 2.75) is 13.0 Å². The summed E-state index contributed by atoms with van der Waals surface area (Å²) in [7, 11) is 2.06. The number of hydrogen-bond donors (Lipinski definition) is 2. The summed E-state index contributed by atoms with van der Waals surface area (Å²) in [5, 5.41) is 3.02. The highest BCUT2D eigenvalue weighted by Crippen LogP contribution is 2.35. The minimum atomic E-state index is -0.243. The number of fused-ring (bicyclic) bond motifs is 1. The molecule has 2 aromatic heterocycles. The number of nitrogens with two attached hydrogens (primary N) is 1. The Morgan fingerprint density at radius 2 is 1.66 bits per heavy atom. The first-order valence-corrected chi connectivity index (χ1v) is 13.9. The van der Waals surface area contributed by atoms with Gasteiger partial charge < -0.3 is 30.5 Å². The molecule has 0 unspecified atom stereocenters. The number of anilines is 3. The van der Waals surface area contributed by atoms with Crippen LogP contribution in [0.25, 0.3) is 11.3 Å². The first-order valence-electron chi connectivity index (χ1n) is 13.9. The van der Waals surface area contributed by atoms with E-state index in [-0.39, 0.29) is 17.9 Å². The molecule has 5 heterocycles. The van der Waals surface area contributed by atoms with Crippen molar-refractivity contribution in [3.8, 4) is 11.3 Å². The molecule has 6 rings (SSSR count). The van der Waals surface area contributed by atoms with Crippen LogP contribution in [0.15, 0.2) is 36.7 Å².